The van der Waals surface area contributed by atoms with Crippen LogP contribution in [0, 0.1) is 0 Å². The average molecular weight is 491 g/mol. The third-order valence-electron chi connectivity index (χ3n) is 4.04. The van der Waals surface area contributed by atoms with Crippen LogP contribution >= 0.6 is 47.4 Å². The largest absolute Gasteiger partial charge is 0.493 e. The molecule has 1 aromatic heterocycles. The monoisotopic (exact) mass is 489 g/mol. The van der Waals surface area contributed by atoms with Crippen LogP contribution in [0.15, 0.2) is 41.6 Å². The number of benzene rings is 2. The second-order valence-corrected chi connectivity index (χ2v) is 7.98. The number of methoxy groups -OCH3 is 1. The molecule has 7 nitrogen and oxygen atoms in total. The van der Waals surface area contributed by atoms with E-state index < -0.39 is 0 Å². The standard InChI is InChI=1S/C19H21Cl2N5O2S.ClH/c1-26-19(23-24-25-26)29-8-7-22-11-13-9-16(21)18(17(10-13)27-2)28-12-14-5-3-4-6-15(14)20;/h3-6,9-10,22H,7-8,11-12H2,1-2H3;1H. The van der Waals surface area contributed by atoms with Crippen molar-refractivity contribution in [3.8, 4) is 11.5 Å². The summed E-state index contributed by atoms with van der Waals surface area (Å²) in [6.45, 7) is 1.75. The van der Waals surface area contributed by atoms with Gasteiger partial charge in [-0.2, -0.15) is 0 Å². The zero-order chi connectivity index (χ0) is 20.6. The van der Waals surface area contributed by atoms with Gasteiger partial charge in [-0.15, -0.1) is 17.5 Å². The summed E-state index contributed by atoms with van der Waals surface area (Å²) in [5.41, 5.74) is 1.89. The van der Waals surface area contributed by atoms with E-state index in [9.17, 15) is 0 Å². The van der Waals surface area contributed by atoms with Crippen LogP contribution in [0.25, 0.3) is 0 Å². The van der Waals surface area contributed by atoms with Crippen molar-refractivity contribution in [3.05, 3.63) is 57.6 Å². The van der Waals surface area contributed by atoms with Crippen molar-refractivity contribution >= 4 is 47.4 Å². The van der Waals surface area contributed by atoms with Gasteiger partial charge in [0.1, 0.15) is 6.61 Å². The van der Waals surface area contributed by atoms with Gasteiger partial charge in [0.25, 0.3) is 0 Å². The van der Waals surface area contributed by atoms with Crippen LogP contribution in [0.3, 0.4) is 0 Å². The molecule has 1 N–H and O–H groups in total. The number of hydrogen-bond acceptors (Lipinski definition) is 7. The highest BCUT2D eigenvalue weighted by Gasteiger charge is 2.13. The molecule has 0 aliphatic carbocycles. The quantitative estimate of drug-likeness (QED) is 0.333. The van der Waals surface area contributed by atoms with Crippen molar-refractivity contribution < 1.29 is 9.47 Å². The maximum Gasteiger partial charge on any atom is 0.209 e. The fourth-order valence-corrected chi connectivity index (χ4v) is 3.80. The van der Waals surface area contributed by atoms with Crippen LogP contribution in [0.2, 0.25) is 10.0 Å². The molecule has 2 aromatic carbocycles. The van der Waals surface area contributed by atoms with Crippen LogP contribution in [0.1, 0.15) is 11.1 Å². The molecule has 11 heteroatoms. The van der Waals surface area contributed by atoms with Crippen molar-refractivity contribution in [1.82, 2.24) is 25.5 Å². The van der Waals surface area contributed by atoms with Crippen molar-refractivity contribution in [2.24, 2.45) is 7.05 Å². The molecule has 162 valence electrons. The molecule has 0 spiro atoms. The molecule has 0 radical (unpaired) electrons. The third kappa shape index (κ3) is 6.65. The zero-order valence-electron chi connectivity index (χ0n) is 16.5. The van der Waals surface area contributed by atoms with E-state index in [1.54, 1.807) is 23.6 Å². The highest BCUT2D eigenvalue weighted by molar-refractivity contribution is 7.99. The van der Waals surface area contributed by atoms with E-state index in [0.717, 1.165) is 28.6 Å². The van der Waals surface area contributed by atoms with Gasteiger partial charge in [-0.3, -0.25) is 0 Å². The topological polar surface area (TPSA) is 74.1 Å². The van der Waals surface area contributed by atoms with Crippen molar-refractivity contribution in [2.45, 2.75) is 18.3 Å². The molecule has 0 bridgehead atoms. The lowest BCUT2D eigenvalue weighted by molar-refractivity contribution is 0.284. The van der Waals surface area contributed by atoms with E-state index in [4.69, 9.17) is 32.7 Å². The number of nitrogens with zero attached hydrogens (tertiary/aromatic N) is 4. The normalized spacial score (nSPS) is 10.5. The first-order valence-corrected chi connectivity index (χ1v) is 10.6. The molecule has 30 heavy (non-hydrogen) atoms. The van der Waals surface area contributed by atoms with Gasteiger partial charge in [-0.1, -0.05) is 53.2 Å². The Bertz CT molecular complexity index is 958. The molecule has 3 rings (SSSR count). The molecule has 0 unspecified atom stereocenters. The number of rotatable bonds is 10. The molecule has 0 amide bonds. The SMILES string of the molecule is COc1cc(CNCCSc2nnnn2C)cc(Cl)c1OCc1ccccc1Cl.Cl. The molecule has 0 saturated heterocycles. The number of thioether (sulfide) groups is 1. The summed E-state index contributed by atoms with van der Waals surface area (Å²) in [6.07, 6.45) is 0. The minimum Gasteiger partial charge on any atom is -0.493 e. The summed E-state index contributed by atoms with van der Waals surface area (Å²) in [4.78, 5) is 0. The van der Waals surface area contributed by atoms with Crippen LogP contribution in [0.5, 0.6) is 11.5 Å². The highest BCUT2D eigenvalue weighted by Crippen LogP contribution is 2.37. The smallest absolute Gasteiger partial charge is 0.209 e. The molecule has 0 saturated carbocycles. The van der Waals surface area contributed by atoms with Gasteiger partial charge in [0, 0.05) is 36.5 Å². The Balaban J connectivity index is 0.00000320. The van der Waals surface area contributed by atoms with Crippen LogP contribution in [-0.2, 0) is 20.2 Å². The van der Waals surface area contributed by atoms with Gasteiger partial charge in [0.05, 0.1) is 12.1 Å². The first kappa shape index (κ1) is 24.6. The Labute approximate surface area is 195 Å². The fourth-order valence-electron chi connectivity index (χ4n) is 2.57. The van der Waals surface area contributed by atoms with E-state index in [0.29, 0.717) is 34.7 Å². The number of hydrogen-bond donors (Lipinski definition) is 1. The van der Waals surface area contributed by atoms with Gasteiger partial charge in [-0.25, -0.2) is 4.68 Å². The fraction of sp³-hybridized carbons (Fsp3) is 0.316. The molecule has 3 aromatic rings. The molecule has 0 aliphatic rings. The summed E-state index contributed by atoms with van der Waals surface area (Å²) < 4.78 is 13.0. The van der Waals surface area contributed by atoms with Crippen molar-refractivity contribution in [3.63, 3.8) is 0 Å². The Kier molecular flexibility index (Phi) is 10.0. The number of ether oxygens (including phenoxy) is 2. The summed E-state index contributed by atoms with van der Waals surface area (Å²) in [5.74, 6) is 1.93. The van der Waals surface area contributed by atoms with Crippen LogP contribution in [0.4, 0.5) is 0 Å². The Hall–Kier alpha value is -1.71. The number of aryl methyl sites for hydroxylation is 1. The first-order valence-electron chi connectivity index (χ1n) is 8.87. The molecule has 0 atom stereocenters. The van der Waals surface area contributed by atoms with Gasteiger partial charge < -0.3 is 14.8 Å². The lowest BCUT2D eigenvalue weighted by Gasteiger charge is -2.15. The average Bonchev–Trinajstić information content (AvgIpc) is 3.12. The maximum atomic E-state index is 6.45. The first-order chi connectivity index (χ1) is 14.1. The summed E-state index contributed by atoms with van der Waals surface area (Å²) >= 11 is 14.2. The van der Waals surface area contributed by atoms with Crippen LogP contribution < -0.4 is 14.8 Å². The van der Waals surface area contributed by atoms with E-state index in [2.05, 4.69) is 20.8 Å². The Morgan fingerprint density at radius 3 is 2.67 bits per heavy atom. The molecular weight excluding hydrogens is 469 g/mol. The van der Waals surface area contributed by atoms with E-state index >= 15 is 0 Å². The number of halogens is 3. The molecule has 1 heterocycles. The predicted octanol–water partition coefficient (Wildman–Crippen LogP) is 4.41. The zero-order valence-corrected chi connectivity index (χ0v) is 19.6. The third-order valence-corrected chi connectivity index (χ3v) is 5.70. The molecular formula is C19H22Cl3N5O2S. The number of tetrazole rings is 1. The second-order valence-electron chi connectivity index (χ2n) is 6.10. The summed E-state index contributed by atoms with van der Waals surface area (Å²) in [5, 5.41) is 16.7. The second kappa shape index (κ2) is 12.2. The summed E-state index contributed by atoms with van der Waals surface area (Å²) in [7, 11) is 3.41. The van der Waals surface area contributed by atoms with E-state index in [1.807, 2.05) is 43.4 Å². The lowest BCUT2D eigenvalue weighted by atomic mass is 10.2. The predicted molar refractivity (Wildman–Crippen MR) is 122 cm³/mol. The lowest BCUT2D eigenvalue weighted by Crippen LogP contribution is -2.17. The number of nitrogens with one attached hydrogen (secondary N) is 1. The van der Waals surface area contributed by atoms with Crippen molar-refractivity contribution in [1.29, 1.82) is 0 Å². The van der Waals surface area contributed by atoms with Gasteiger partial charge in [-0.05, 0) is 34.2 Å². The Morgan fingerprint density at radius 1 is 1.17 bits per heavy atom. The number of aromatic nitrogens is 4. The molecule has 0 fully saturated rings. The van der Waals surface area contributed by atoms with E-state index in [1.165, 1.54) is 0 Å². The Morgan fingerprint density at radius 2 is 1.97 bits per heavy atom. The summed E-state index contributed by atoms with van der Waals surface area (Å²) in [6, 6.07) is 11.3. The highest BCUT2D eigenvalue weighted by atomic mass is 35.5. The minimum absolute atomic E-state index is 0. The van der Waals surface area contributed by atoms with E-state index in [-0.39, 0.29) is 12.4 Å². The minimum atomic E-state index is 0. The van der Waals surface area contributed by atoms with Gasteiger partial charge in [0.2, 0.25) is 5.16 Å². The maximum absolute atomic E-state index is 6.45. The van der Waals surface area contributed by atoms with Gasteiger partial charge in [0.15, 0.2) is 11.5 Å². The van der Waals surface area contributed by atoms with Gasteiger partial charge >= 0.3 is 0 Å². The van der Waals surface area contributed by atoms with Crippen LogP contribution in [-0.4, -0.2) is 39.6 Å². The molecule has 0 aliphatic heterocycles. The van der Waals surface area contributed by atoms with Crippen molar-refractivity contribution in [2.75, 3.05) is 19.4 Å².